The topological polar surface area (TPSA) is 16.4 Å². The minimum atomic E-state index is -0.555. The molecule has 0 atom stereocenters. The molecule has 0 unspecified atom stereocenters. The van der Waals surface area contributed by atoms with E-state index in [0.29, 0.717) is 0 Å². The van der Waals surface area contributed by atoms with Gasteiger partial charge >= 0.3 is 0 Å². The van der Waals surface area contributed by atoms with E-state index in [1.807, 2.05) is 6.07 Å². The van der Waals surface area contributed by atoms with Crippen LogP contribution < -0.4 is 4.90 Å². The second-order valence-electron chi connectivity index (χ2n) is 23.7. The van der Waals surface area contributed by atoms with Gasteiger partial charge in [-0.05, 0) is 154 Å². The first-order chi connectivity index (χ1) is 35.7. The zero-order valence-corrected chi connectivity index (χ0v) is 43.6. The van der Waals surface area contributed by atoms with Crippen LogP contribution in [0.5, 0.6) is 0 Å². The van der Waals surface area contributed by atoms with Gasteiger partial charge in [-0.3, -0.25) is 0 Å². The highest BCUT2D eigenvalue weighted by Crippen LogP contribution is 2.64. The van der Waals surface area contributed by atoms with E-state index in [2.05, 4.69) is 267 Å². The maximum Gasteiger partial charge on any atom is 0.135 e. The Bertz CT molecular complexity index is 4080. The highest BCUT2D eigenvalue weighted by Gasteiger charge is 2.52. The number of hydrogen-bond donors (Lipinski definition) is 0. The van der Waals surface area contributed by atoms with Gasteiger partial charge in [-0.1, -0.05) is 219 Å². The molecule has 0 saturated heterocycles. The summed E-state index contributed by atoms with van der Waals surface area (Å²) < 4.78 is 6.32. The number of para-hydroxylation sites is 2. The molecule has 0 bridgehead atoms. The highest BCUT2D eigenvalue weighted by atomic mass is 16.3. The summed E-state index contributed by atoms with van der Waals surface area (Å²) in [5.74, 6) is 0. The van der Waals surface area contributed by atoms with Crippen LogP contribution in [0.15, 0.2) is 217 Å². The lowest BCUT2D eigenvalue weighted by atomic mass is 9.68. The Morgan fingerprint density at radius 2 is 0.878 bits per heavy atom. The summed E-state index contributed by atoms with van der Waals surface area (Å²) >= 11 is 0. The summed E-state index contributed by atoms with van der Waals surface area (Å²) in [6, 6.07) is 80.5. The van der Waals surface area contributed by atoms with Gasteiger partial charge in [-0.15, -0.1) is 0 Å². The maximum atomic E-state index is 6.32. The van der Waals surface area contributed by atoms with Crippen LogP contribution in [0.4, 0.5) is 17.1 Å². The molecule has 358 valence electrons. The van der Waals surface area contributed by atoms with Crippen molar-refractivity contribution in [1.82, 2.24) is 0 Å². The molecule has 0 saturated carbocycles. The molecule has 2 heteroatoms. The van der Waals surface area contributed by atoms with Crippen molar-refractivity contribution in [1.29, 1.82) is 0 Å². The minimum Gasteiger partial charge on any atom is -0.456 e. The van der Waals surface area contributed by atoms with Gasteiger partial charge in [0.1, 0.15) is 11.2 Å². The van der Waals surface area contributed by atoms with Crippen LogP contribution in [0.2, 0.25) is 0 Å². The van der Waals surface area contributed by atoms with Gasteiger partial charge < -0.3 is 9.32 Å². The zero-order chi connectivity index (χ0) is 50.5. The first-order valence-electron chi connectivity index (χ1n) is 26.4. The smallest absolute Gasteiger partial charge is 0.135 e. The fourth-order valence-corrected chi connectivity index (χ4v) is 13.3. The van der Waals surface area contributed by atoms with Crippen molar-refractivity contribution in [2.45, 2.75) is 77.0 Å². The number of furan rings is 1. The number of hydrogen-bond acceptors (Lipinski definition) is 2. The van der Waals surface area contributed by atoms with Gasteiger partial charge in [0.25, 0.3) is 0 Å². The van der Waals surface area contributed by atoms with Crippen molar-refractivity contribution in [2.24, 2.45) is 0 Å². The standard InChI is InChI=1S/C72H59NO/c1-69(2,3)46-32-35-51-52-36-33-47(70(4,5)6)42-63(52)72(62(51)41-46)60-27-14-9-21-50(60)53-37-34-49(43-64(53)72)73(48-20-17-19-44(39-48)45-31-38-67-58(40-45)55-23-12-16-30-66(55)74-67)65-29-15-11-22-54(65)56-25-18-28-61-68(56)57-24-10-13-26-59(57)71(61,7)8/h9-43H,1-8H3. The van der Waals surface area contributed by atoms with Crippen molar-refractivity contribution in [3.8, 4) is 55.6 Å². The van der Waals surface area contributed by atoms with Crippen LogP contribution in [-0.4, -0.2) is 0 Å². The summed E-state index contributed by atoms with van der Waals surface area (Å²) in [6.45, 7) is 18.8. The first kappa shape index (κ1) is 44.5. The Hall–Kier alpha value is -8.20. The first-order valence-corrected chi connectivity index (χ1v) is 26.4. The molecule has 3 aliphatic carbocycles. The zero-order valence-electron chi connectivity index (χ0n) is 43.6. The summed E-state index contributed by atoms with van der Waals surface area (Å²) in [7, 11) is 0. The molecule has 14 rings (SSSR count). The molecule has 1 aromatic heterocycles. The van der Waals surface area contributed by atoms with Gasteiger partial charge in [0.05, 0.1) is 11.1 Å². The molecule has 1 spiro atoms. The van der Waals surface area contributed by atoms with E-state index in [9.17, 15) is 0 Å². The Kier molecular flexibility index (Phi) is 9.41. The Labute approximate surface area is 435 Å². The van der Waals surface area contributed by atoms with Gasteiger partial charge in [0, 0.05) is 33.1 Å². The van der Waals surface area contributed by atoms with Crippen LogP contribution in [0.25, 0.3) is 77.6 Å². The Morgan fingerprint density at radius 3 is 1.61 bits per heavy atom. The third-order valence-electron chi connectivity index (χ3n) is 17.0. The molecule has 0 N–H and O–H groups in total. The van der Waals surface area contributed by atoms with Crippen molar-refractivity contribution >= 4 is 39.0 Å². The number of benzene rings is 10. The molecular formula is C72H59NO. The maximum absolute atomic E-state index is 6.32. The molecule has 11 aromatic rings. The fourth-order valence-electron chi connectivity index (χ4n) is 13.3. The van der Waals surface area contributed by atoms with Gasteiger partial charge in [0.2, 0.25) is 0 Å². The quantitative estimate of drug-likeness (QED) is 0.171. The Morgan fingerprint density at radius 1 is 0.351 bits per heavy atom. The molecule has 0 fully saturated rings. The third-order valence-corrected chi connectivity index (χ3v) is 17.0. The highest BCUT2D eigenvalue weighted by molar-refractivity contribution is 6.07. The molecule has 10 aromatic carbocycles. The van der Waals surface area contributed by atoms with Crippen LogP contribution in [0.3, 0.4) is 0 Å². The van der Waals surface area contributed by atoms with Gasteiger partial charge in [0.15, 0.2) is 0 Å². The molecular weight excluding hydrogens is 895 g/mol. The predicted molar refractivity (Wildman–Crippen MR) is 311 cm³/mol. The fraction of sp³-hybridized carbons (Fsp3) is 0.167. The van der Waals surface area contributed by atoms with E-state index in [1.165, 1.54) is 89.0 Å². The lowest BCUT2D eigenvalue weighted by Gasteiger charge is -2.34. The number of rotatable bonds is 5. The van der Waals surface area contributed by atoms with Crippen LogP contribution >= 0.6 is 0 Å². The molecule has 3 aliphatic rings. The van der Waals surface area contributed by atoms with Crippen molar-refractivity contribution in [3.63, 3.8) is 0 Å². The summed E-state index contributed by atoms with van der Waals surface area (Å²) in [6.07, 6.45) is 0. The van der Waals surface area contributed by atoms with E-state index < -0.39 is 5.41 Å². The second kappa shape index (κ2) is 15.7. The largest absolute Gasteiger partial charge is 0.456 e. The molecule has 0 radical (unpaired) electrons. The van der Waals surface area contributed by atoms with E-state index in [0.717, 1.165) is 50.1 Å². The molecule has 2 nitrogen and oxygen atoms in total. The third kappa shape index (κ3) is 6.30. The summed E-state index contributed by atoms with van der Waals surface area (Å²) in [4.78, 5) is 2.54. The average molecular weight is 954 g/mol. The van der Waals surface area contributed by atoms with Crippen molar-refractivity contribution in [3.05, 3.63) is 257 Å². The van der Waals surface area contributed by atoms with Crippen molar-refractivity contribution < 1.29 is 4.42 Å². The van der Waals surface area contributed by atoms with E-state index in [-0.39, 0.29) is 16.2 Å². The Balaban J connectivity index is 1.05. The number of nitrogens with zero attached hydrogens (tertiary/aromatic N) is 1. The summed E-state index contributed by atoms with van der Waals surface area (Å²) in [5, 5.41) is 2.25. The van der Waals surface area contributed by atoms with Crippen LogP contribution in [0.1, 0.15) is 99.9 Å². The predicted octanol–water partition coefficient (Wildman–Crippen LogP) is 19.6. The lowest BCUT2D eigenvalue weighted by Crippen LogP contribution is -2.27. The van der Waals surface area contributed by atoms with Crippen LogP contribution in [-0.2, 0) is 21.7 Å². The van der Waals surface area contributed by atoms with E-state index >= 15 is 0 Å². The SMILES string of the molecule is CC(C)(C)c1ccc2c(c1)C1(c3ccccc3-c3ccc(N(c4cccc(-c5ccc6oc7ccccc7c6c5)c4)c4ccccc4-c4cccc5c4-c4ccccc4C5(C)C)cc31)c1cc(C(C)(C)C)ccc1-2. The molecule has 0 aliphatic heterocycles. The molecule has 0 amide bonds. The van der Waals surface area contributed by atoms with E-state index in [4.69, 9.17) is 4.42 Å². The van der Waals surface area contributed by atoms with Crippen LogP contribution in [0, 0.1) is 0 Å². The van der Waals surface area contributed by atoms with Gasteiger partial charge in [-0.2, -0.15) is 0 Å². The van der Waals surface area contributed by atoms with E-state index in [1.54, 1.807) is 0 Å². The van der Waals surface area contributed by atoms with Gasteiger partial charge in [-0.25, -0.2) is 0 Å². The molecule has 74 heavy (non-hydrogen) atoms. The number of fused-ring (bicyclic) bond motifs is 16. The minimum absolute atomic E-state index is 0.0432. The monoisotopic (exact) mass is 953 g/mol. The van der Waals surface area contributed by atoms with Crippen molar-refractivity contribution in [2.75, 3.05) is 4.90 Å². The lowest BCUT2D eigenvalue weighted by molar-refractivity contribution is 0.586. The normalized spacial score (nSPS) is 14.4. The second-order valence-corrected chi connectivity index (χ2v) is 23.7. The number of anilines is 3. The molecule has 1 heterocycles. The average Bonchev–Trinajstić information content (AvgIpc) is 4.10. The summed E-state index contributed by atoms with van der Waals surface area (Å²) in [5.41, 5.74) is 27.7.